The first-order valence-electron chi connectivity index (χ1n) is 6.77. The number of carbonyl (C=O) groups excluding carboxylic acids is 1. The molecule has 0 aromatic rings. The van der Waals surface area contributed by atoms with Crippen LogP contribution >= 0.6 is 0 Å². The Labute approximate surface area is 118 Å². The number of aliphatic carboxylic acids is 1. The lowest BCUT2D eigenvalue weighted by Gasteiger charge is -2.41. The molecular formula is C12H20N2O5S. The summed E-state index contributed by atoms with van der Waals surface area (Å²) in [6, 6.07) is -0.613. The standard InChI is InChI=1S/C12H20N2O5S/c1-8(11(15)16)9-5-14(6-9)12(17)13-10-3-2-4-20(18,19)7-10/h8-10H,2-7H2,1H3,(H,13,17)(H,15,16). The minimum Gasteiger partial charge on any atom is -0.481 e. The second kappa shape index (κ2) is 5.59. The zero-order valence-electron chi connectivity index (χ0n) is 11.4. The lowest BCUT2D eigenvalue weighted by atomic mass is 9.87. The lowest BCUT2D eigenvalue weighted by molar-refractivity contribution is -0.144. The number of sulfone groups is 1. The molecule has 2 amide bonds. The Morgan fingerprint density at radius 1 is 1.35 bits per heavy atom. The van der Waals surface area contributed by atoms with Crippen LogP contribution in [0.1, 0.15) is 19.8 Å². The molecule has 2 saturated heterocycles. The molecule has 0 spiro atoms. The van der Waals surface area contributed by atoms with Crippen LogP contribution in [-0.4, -0.2) is 61.1 Å². The number of hydrogen-bond donors (Lipinski definition) is 2. The molecule has 0 radical (unpaired) electrons. The van der Waals surface area contributed by atoms with E-state index in [4.69, 9.17) is 5.11 Å². The van der Waals surface area contributed by atoms with Crippen molar-refractivity contribution in [3.8, 4) is 0 Å². The molecule has 0 aromatic carbocycles. The highest BCUT2D eigenvalue weighted by Gasteiger charge is 2.38. The van der Waals surface area contributed by atoms with E-state index < -0.39 is 21.7 Å². The summed E-state index contributed by atoms with van der Waals surface area (Å²) >= 11 is 0. The molecule has 2 aliphatic rings. The van der Waals surface area contributed by atoms with E-state index in [0.717, 1.165) is 0 Å². The minimum atomic E-state index is -3.04. The second-order valence-electron chi connectivity index (χ2n) is 5.69. The van der Waals surface area contributed by atoms with Gasteiger partial charge in [-0.2, -0.15) is 0 Å². The van der Waals surface area contributed by atoms with Crippen LogP contribution < -0.4 is 5.32 Å². The monoisotopic (exact) mass is 304 g/mol. The van der Waals surface area contributed by atoms with Gasteiger partial charge >= 0.3 is 12.0 Å². The molecule has 7 nitrogen and oxygen atoms in total. The number of likely N-dealkylation sites (tertiary alicyclic amines) is 1. The van der Waals surface area contributed by atoms with E-state index >= 15 is 0 Å². The van der Waals surface area contributed by atoms with Crippen molar-refractivity contribution >= 4 is 21.8 Å². The van der Waals surface area contributed by atoms with Crippen molar-refractivity contribution in [2.24, 2.45) is 11.8 Å². The fourth-order valence-corrected chi connectivity index (χ4v) is 4.24. The highest BCUT2D eigenvalue weighted by molar-refractivity contribution is 7.91. The average molecular weight is 304 g/mol. The number of urea groups is 1. The molecule has 2 rings (SSSR count). The van der Waals surface area contributed by atoms with Gasteiger partial charge in [-0.25, -0.2) is 13.2 Å². The van der Waals surface area contributed by atoms with Crippen LogP contribution in [0.15, 0.2) is 0 Å². The summed E-state index contributed by atoms with van der Waals surface area (Å²) in [5.41, 5.74) is 0. The van der Waals surface area contributed by atoms with E-state index in [9.17, 15) is 18.0 Å². The van der Waals surface area contributed by atoms with Crippen molar-refractivity contribution in [2.75, 3.05) is 24.6 Å². The van der Waals surface area contributed by atoms with Crippen LogP contribution in [0.2, 0.25) is 0 Å². The fraction of sp³-hybridized carbons (Fsp3) is 0.833. The number of hydrogen-bond acceptors (Lipinski definition) is 4. The number of carboxylic acid groups (broad SMARTS) is 1. The fourth-order valence-electron chi connectivity index (χ4n) is 2.60. The molecule has 0 saturated carbocycles. The van der Waals surface area contributed by atoms with Gasteiger partial charge in [0.05, 0.1) is 17.4 Å². The normalized spacial score (nSPS) is 27.4. The first-order valence-corrected chi connectivity index (χ1v) is 8.59. The maximum absolute atomic E-state index is 11.9. The SMILES string of the molecule is CC(C(=O)O)C1CN(C(=O)NC2CCCS(=O)(=O)C2)C1. The van der Waals surface area contributed by atoms with E-state index in [1.807, 2.05) is 0 Å². The third-order valence-corrected chi connectivity index (χ3v) is 5.91. The summed E-state index contributed by atoms with van der Waals surface area (Å²) in [6.07, 6.45) is 1.25. The van der Waals surface area contributed by atoms with Crippen LogP contribution in [-0.2, 0) is 14.6 Å². The number of carboxylic acids is 1. The molecule has 0 aromatic heterocycles. The Bertz CT molecular complexity index is 498. The van der Waals surface area contributed by atoms with E-state index in [2.05, 4.69) is 5.32 Å². The smallest absolute Gasteiger partial charge is 0.317 e. The molecule has 2 fully saturated rings. The summed E-state index contributed by atoms with van der Waals surface area (Å²) in [5, 5.41) is 11.6. The van der Waals surface area contributed by atoms with Crippen molar-refractivity contribution < 1.29 is 23.1 Å². The summed E-state index contributed by atoms with van der Waals surface area (Å²) in [6.45, 7) is 2.47. The molecule has 2 heterocycles. The quantitative estimate of drug-likeness (QED) is 0.759. The molecule has 0 aliphatic carbocycles. The van der Waals surface area contributed by atoms with Crippen molar-refractivity contribution in [1.29, 1.82) is 0 Å². The molecule has 2 atom stereocenters. The number of nitrogens with one attached hydrogen (secondary N) is 1. The molecule has 20 heavy (non-hydrogen) atoms. The van der Waals surface area contributed by atoms with Gasteiger partial charge in [0.1, 0.15) is 0 Å². The predicted molar refractivity (Wildman–Crippen MR) is 72.1 cm³/mol. The van der Waals surface area contributed by atoms with Crippen LogP contribution in [0.4, 0.5) is 4.79 Å². The highest BCUT2D eigenvalue weighted by atomic mass is 32.2. The van der Waals surface area contributed by atoms with E-state index in [1.165, 1.54) is 4.90 Å². The first-order chi connectivity index (χ1) is 9.28. The van der Waals surface area contributed by atoms with Crippen LogP contribution in [0, 0.1) is 11.8 Å². The van der Waals surface area contributed by atoms with Crippen molar-refractivity contribution in [3.63, 3.8) is 0 Å². The Hall–Kier alpha value is -1.31. The zero-order chi connectivity index (χ0) is 14.9. The van der Waals surface area contributed by atoms with E-state index in [0.29, 0.717) is 25.9 Å². The zero-order valence-corrected chi connectivity index (χ0v) is 12.2. The Balaban J connectivity index is 1.79. The van der Waals surface area contributed by atoms with Gasteiger partial charge in [-0.05, 0) is 12.8 Å². The summed E-state index contributed by atoms with van der Waals surface area (Å²) in [4.78, 5) is 24.3. The van der Waals surface area contributed by atoms with Gasteiger partial charge in [0.2, 0.25) is 0 Å². The van der Waals surface area contributed by atoms with Gasteiger partial charge in [0, 0.05) is 25.0 Å². The van der Waals surface area contributed by atoms with E-state index in [-0.39, 0.29) is 29.5 Å². The summed E-state index contributed by atoms with van der Waals surface area (Å²) in [7, 11) is -3.04. The van der Waals surface area contributed by atoms with Gasteiger partial charge in [0.15, 0.2) is 9.84 Å². The van der Waals surface area contributed by atoms with E-state index in [1.54, 1.807) is 6.92 Å². The van der Waals surface area contributed by atoms with Gasteiger partial charge in [-0.15, -0.1) is 0 Å². The maximum Gasteiger partial charge on any atom is 0.317 e. The Kier molecular flexibility index (Phi) is 4.22. The first kappa shape index (κ1) is 15.1. The Morgan fingerprint density at radius 2 is 2.00 bits per heavy atom. The average Bonchev–Trinajstić information content (AvgIpc) is 2.24. The van der Waals surface area contributed by atoms with Crippen LogP contribution in [0.5, 0.6) is 0 Å². The van der Waals surface area contributed by atoms with Crippen LogP contribution in [0.25, 0.3) is 0 Å². The topological polar surface area (TPSA) is 104 Å². The van der Waals surface area contributed by atoms with Gasteiger partial charge in [0.25, 0.3) is 0 Å². The molecule has 0 bridgehead atoms. The number of rotatable bonds is 3. The largest absolute Gasteiger partial charge is 0.481 e. The molecular weight excluding hydrogens is 284 g/mol. The number of amides is 2. The second-order valence-corrected chi connectivity index (χ2v) is 7.92. The third-order valence-electron chi connectivity index (χ3n) is 4.08. The molecule has 114 valence electrons. The van der Waals surface area contributed by atoms with Gasteiger partial charge in [-0.3, -0.25) is 4.79 Å². The molecule has 2 unspecified atom stereocenters. The predicted octanol–water partition coefficient (Wildman–Crippen LogP) is -0.0743. The molecule has 2 aliphatic heterocycles. The van der Waals surface area contributed by atoms with Gasteiger partial charge < -0.3 is 15.3 Å². The van der Waals surface area contributed by atoms with Crippen molar-refractivity contribution in [2.45, 2.75) is 25.8 Å². The summed E-state index contributed by atoms with van der Waals surface area (Å²) < 4.78 is 23.0. The third kappa shape index (κ3) is 3.41. The lowest BCUT2D eigenvalue weighted by Crippen LogP contribution is -2.58. The number of nitrogens with zero attached hydrogens (tertiary/aromatic N) is 1. The Morgan fingerprint density at radius 3 is 2.55 bits per heavy atom. The van der Waals surface area contributed by atoms with Crippen molar-refractivity contribution in [1.82, 2.24) is 10.2 Å². The van der Waals surface area contributed by atoms with Crippen molar-refractivity contribution in [3.05, 3.63) is 0 Å². The highest BCUT2D eigenvalue weighted by Crippen LogP contribution is 2.24. The van der Waals surface area contributed by atoms with Crippen LogP contribution in [0.3, 0.4) is 0 Å². The summed E-state index contributed by atoms with van der Waals surface area (Å²) in [5.74, 6) is -1.14. The van der Waals surface area contributed by atoms with Gasteiger partial charge in [-0.1, -0.05) is 6.92 Å². The number of carbonyl (C=O) groups is 2. The molecule has 8 heteroatoms. The molecule has 2 N–H and O–H groups in total. The minimum absolute atomic E-state index is 0.00153. The maximum atomic E-state index is 11.9.